The molecule has 0 bridgehead atoms. The van der Waals surface area contributed by atoms with Gasteiger partial charge in [0, 0.05) is 24.3 Å². The number of likely N-dealkylation sites (N-methyl/N-ethyl adjacent to an activating group) is 2. The molecule has 1 atom stereocenters. The van der Waals surface area contributed by atoms with Gasteiger partial charge in [-0.1, -0.05) is 6.07 Å². The maximum absolute atomic E-state index is 12.4. The first kappa shape index (κ1) is 23.4. The van der Waals surface area contributed by atoms with Crippen molar-refractivity contribution in [2.75, 3.05) is 45.7 Å². The average Bonchev–Trinajstić information content (AvgIpc) is 2.59. The van der Waals surface area contributed by atoms with Gasteiger partial charge in [-0.25, -0.2) is 0 Å². The van der Waals surface area contributed by atoms with E-state index < -0.39 is 0 Å². The Hall–Kier alpha value is -2.61. The highest BCUT2D eigenvalue weighted by atomic mass is 16.5. The first-order valence-electron chi connectivity index (χ1n) is 9.36. The lowest BCUT2D eigenvalue weighted by atomic mass is 10.1. The summed E-state index contributed by atoms with van der Waals surface area (Å²) < 4.78 is 5.14. The molecule has 0 aliphatic rings. The zero-order chi connectivity index (χ0) is 21.3. The van der Waals surface area contributed by atoms with Gasteiger partial charge in [-0.05, 0) is 39.8 Å². The van der Waals surface area contributed by atoms with Crippen LogP contribution in [0.25, 0.3) is 0 Å². The molecule has 0 heterocycles. The average molecular weight is 394 g/mol. The van der Waals surface area contributed by atoms with Crippen LogP contribution >= 0.6 is 0 Å². The predicted octanol–water partition coefficient (Wildman–Crippen LogP) is -0.0884. The van der Waals surface area contributed by atoms with Gasteiger partial charge >= 0.3 is 0 Å². The van der Waals surface area contributed by atoms with Crippen LogP contribution < -0.4 is 20.3 Å². The summed E-state index contributed by atoms with van der Waals surface area (Å²) in [5.41, 5.74) is 0.293. The van der Waals surface area contributed by atoms with Crippen molar-refractivity contribution in [3.63, 3.8) is 0 Å². The summed E-state index contributed by atoms with van der Waals surface area (Å²) in [6.45, 7) is 8.46. The number of hydrogen-bond acceptors (Lipinski definition) is 4. The zero-order valence-electron chi connectivity index (χ0n) is 17.7. The molecule has 0 aliphatic carbocycles. The highest BCUT2D eigenvalue weighted by molar-refractivity contribution is 5.92. The Balaban J connectivity index is 2.54. The van der Waals surface area contributed by atoms with Crippen molar-refractivity contribution in [1.82, 2.24) is 10.2 Å². The molecule has 1 aromatic rings. The molecule has 8 heteroatoms. The number of nitrogens with one attached hydrogen (secondary N) is 3. The topological polar surface area (TPSA) is 92.2 Å². The Kier molecular flexibility index (Phi) is 8.91. The van der Waals surface area contributed by atoms with Crippen molar-refractivity contribution in [1.29, 1.82) is 0 Å². The van der Waals surface area contributed by atoms with Gasteiger partial charge in [-0.15, -0.1) is 0 Å². The van der Waals surface area contributed by atoms with Gasteiger partial charge in [0.05, 0.1) is 20.2 Å². The number of amides is 3. The summed E-state index contributed by atoms with van der Waals surface area (Å²) in [6.07, 6.45) is 0. The number of benzene rings is 1. The number of rotatable bonds is 9. The summed E-state index contributed by atoms with van der Waals surface area (Å²) in [4.78, 5) is 38.9. The van der Waals surface area contributed by atoms with E-state index in [1.54, 1.807) is 38.4 Å². The number of quaternary nitrogens is 1. The van der Waals surface area contributed by atoms with Crippen LogP contribution in [0.3, 0.4) is 0 Å². The minimum absolute atomic E-state index is 0.0108. The number of nitrogens with zero attached hydrogens (tertiary/aromatic N) is 1. The summed E-state index contributed by atoms with van der Waals surface area (Å²) in [5, 5.41) is 5.64. The highest BCUT2D eigenvalue weighted by Crippen LogP contribution is 2.16. The molecule has 156 valence electrons. The number of carbonyl (C=O) groups excluding carboxylic acids is 3. The van der Waals surface area contributed by atoms with Gasteiger partial charge in [0.15, 0.2) is 13.1 Å². The van der Waals surface area contributed by atoms with Crippen LogP contribution in [0.15, 0.2) is 24.3 Å². The summed E-state index contributed by atoms with van der Waals surface area (Å²) >= 11 is 0. The van der Waals surface area contributed by atoms with Crippen molar-refractivity contribution in [2.24, 2.45) is 0 Å². The van der Waals surface area contributed by atoms with E-state index in [0.717, 1.165) is 4.90 Å². The molecular formula is C20H33N4O4+. The Morgan fingerprint density at radius 2 is 1.82 bits per heavy atom. The zero-order valence-corrected chi connectivity index (χ0v) is 17.7. The SMILES string of the molecule is CC[NH+](CC(=O)Nc1cccc(OC)c1)CC(=O)N(C)CC(=O)NC(C)(C)C. The predicted molar refractivity (Wildman–Crippen MR) is 108 cm³/mol. The minimum atomic E-state index is -0.347. The molecule has 28 heavy (non-hydrogen) atoms. The molecular weight excluding hydrogens is 360 g/mol. The number of methoxy groups -OCH3 is 1. The lowest BCUT2D eigenvalue weighted by molar-refractivity contribution is -0.881. The number of ether oxygens (including phenoxy) is 1. The van der Waals surface area contributed by atoms with Crippen molar-refractivity contribution in [3.05, 3.63) is 24.3 Å². The van der Waals surface area contributed by atoms with Gasteiger partial charge < -0.3 is 25.2 Å². The normalized spacial score (nSPS) is 12.1. The first-order chi connectivity index (χ1) is 13.0. The fraction of sp³-hybridized carbons (Fsp3) is 0.550. The highest BCUT2D eigenvalue weighted by Gasteiger charge is 2.22. The third-order valence-corrected chi connectivity index (χ3v) is 3.99. The van der Waals surface area contributed by atoms with Crippen LogP contribution in [0.4, 0.5) is 5.69 Å². The van der Waals surface area contributed by atoms with Crippen molar-refractivity contribution in [3.8, 4) is 5.75 Å². The van der Waals surface area contributed by atoms with Gasteiger partial charge in [-0.3, -0.25) is 14.4 Å². The molecule has 0 aromatic heterocycles. The molecule has 0 saturated carbocycles. The maximum Gasteiger partial charge on any atom is 0.279 e. The van der Waals surface area contributed by atoms with Crippen LogP contribution in [-0.2, 0) is 14.4 Å². The summed E-state index contributed by atoms with van der Waals surface area (Å²) in [6, 6.07) is 7.10. The van der Waals surface area contributed by atoms with Crippen molar-refractivity contribution >= 4 is 23.4 Å². The van der Waals surface area contributed by atoms with E-state index in [-0.39, 0.29) is 42.9 Å². The Morgan fingerprint density at radius 3 is 2.39 bits per heavy atom. The first-order valence-corrected chi connectivity index (χ1v) is 9.36. The molecule has 3 N–H and O–H groups in total. The molecule has 1 aromatic carbocycles. The molecule has 0 radical (unpaired) electrons. The number of anilines is 1. The summed E-state index contributed by atoms with van der Waals surface area (Å²) in [5.74, 6) is 0.0705. The fourth-order valence-corrected chi connectivity index (χ4v) is 2.56. The largest absolute Gasteiger partial charge is 0.497 e. The fourth-order valence-electron chi connectivity index (χ4n) is 2.56. The van der Waals surface area contributed by atoms with E-state index in [1.165, 1.54) is 4.90 Å². The minimum Gasteiger partial charge on any atom is -0.497 e. The van der Waals surface area contributed by atoms with Crippen LogP contribution in [0, 0.1) is 0 Å². The van der Waals surface area contributed by atoms with E-state index in [0.29, 0.717) is 18.0 Å². The van der Waals surface area contributed by atoms with Crippen LogP contribution in [0.2, 0.25) is 0 Å². The monoisotopic (exact) mass is 393 g/mol. The van der Waals surface area contributed by atoms with Gasteiger partial charge in [0.2, 0.25) is 5.91 Å². The summed E-state index contributed by atoms with van der Waals surface area (Å²) in [7, 11) is 3.15. The second-order valence-electron chi connectivity index (χ2n) is 7.79. The van der Waals surface area contributed by atoms with Gasteiger partial charge in [-0.2, -0.15) is 0 Å². The smallest absolute Gasteiger partial charge is 0.279 e. The molecule has 8 nitrogen and oxygen atoms in total. The lowest BCUT2D eigenvalue weighted by Crippen LogP contribution is -3.13. The third-order valence-electron chi connectivity index (χ3n) is 3.99. The molecule has 0 aliphatic heterocycles. The van der Waals surface area contributed by atoms with E-state index in [4.69, 9.17) is 4.74 Å². The molecule has 0 saturated heterocycles. The molecule has 0 spiro atoms. The van der Waals surface area contributed by atoms with E-state index in [2.05, 4.69) is 10.6 Å². The Bertz CT molecular complexity index is 685. The van der Waals surface area contributed by atoms with Crippen LogP contribution in [-0.4, -0.2) is 68.5 Å². The Morgan fingerprint density at radius 1 is 1.14 bits per heavy atom. The molecule has 3 amide bonds. The van der Waals surface area contributed by atoms with Gasteiger partial charge in [0.1, 0.15) is 5.75 Å². The molecule has 1 rings (SSSR count). The van der Waals surface area contributed by atoms with Crippen LogP contribution in [0.5, 0.6) is 5.75 Å². The van der Waals surface area contributed by atoms with Gasteiger partial charge in [0.25, 0.3) is 11.8 Å². The molecule has 0 fully saturated rings. The standard InChI is InChI=1S/C20H32N4O4/c1-7-24(13-17(25)21-15-9-8-10-16(11-15)28-6)14-19(27)23(5)12-18(26)22-20(2,3)4/h8-11H,7,12-14H2,1-6H3,(H,21,25)(H,22,26)/p+1. The maximum atomic E-state index is 12.4. The van der Waals surface area contributed by atoms with E-state index >= 15 is 0 Å². The second kappa shape index (κ2) is 10.7. The number of carbonyl (C=O) groups is 3. The number of hydrogen-bond donors (Lipinski definition) is 3. The molecule has 1 unspecified atom stereocenters. The van der Waals surface area contributed by atoms with Crippen LogP contribution in [0.1, 0.15) is 27.7 Å². The Labute approximate surface area is 167 Å². The quantitative estimate of drug-likeness (QED) is 0.547. The van der Waals surface area contributed by atoms with E-state index in [9.17, 15) is 14.4 Å². The van der Waals surface area contributed by atoms with Crippen molar-refractivity contribution in [2.45, 2.75) is 33.2 Å². The van der Waals surface area contributed by atoms with Crippen molar-refractivity contribution < 1.29 is 24.0 Å². The second-order valence-corrected chi connectivity index (χ2v) is 7.79. The third kappa shape index (κ3) is 8.85. The lowest BCUT2D eigenvalue weighted by Gasteiger charge is -2.24. The van der Waals surface area contributed by atoms with E-state index in [1.807, 2.05) is 27.7 Å².